The Balaban J connectivity index is 1.49. The van der Waals surface area contributed by atoms with Crippen molar-refractivity contribution in [3.63, 3.8) is 0 Å². The average molecular weight is 1120 g/mol. The van der Waals surface area contributed by atoms with Gasteiger partial charge in [-0.2, -0.15) is 0 Å². The predicted molar refractivity (Wildman–Crippen MR) is 282 cm³/mol. The highest BCUT2D eigenvalue weighted by molar-refractivity contribution is 5.99. The Morgan fingerprint density at radius 1 is 0.557 bits per heavy atom. The lowest BCUT2D eigenvalue weighted by atomic mass is 10.0. The van der Waals surface area contributed by atoms with Gasteiger partial charge in [0.15, 0.2) is 5.96 Å². The van der Waals surface area contributed by atoms with E-state index in [0.29, 0.717) is 51.5 Å². The highest BCUT2D eigenvalue weighted by Crippen LogP contribution is 2.27. The highest BCUT2D eigenvalue weighted by Gasteiger charge is 2.46. The van der Waals surface area contributed by atoms with Crippen molar-refractivity contribution in [2.75, 3.05) is 39.3 Å². The number of aliphatic hydroxyl groups excluding tert-OH is 2. The molecule has 17 N–H and O–H groups in total. The number of carboxylic acids is 2. The Labute approximate surface area is 459 Å². The lowest BCUT2D eigenvalue weighted by molar-refractivity contribution is -0.149. The molecule has 0 spiro atoms. The van der Waals surface area contributed by atoms with E-state index in [2.05, 4.69) is 31.6 Å². The normalized spacial score (nSPS) is 22.1. The van der Waals surface area contributed by atoms with Crippen LogP contribution in [-0.4, -0.2) is 223 Å². The number of aliphatic imine (C=N–C) groups is 1. The van der Waals surface area contributed by atoms with Crippen molar-refractivity contribution in [3.8, 4) is 0 Å². The van der Waals surface area contributed by atoms with Gasteiger partial charge >= 0.3 is 11.9 Å². The van der Waals surface area contributed by atoms with Crippen molar-refractivity contribution in [3.05, 3.63) is 0 Å². The van der Waals surface area contributed by atoms with Crippen molar-refractivity contribution in [1.29, 1.82) is 0 Å². The van der Waals surface area contributed by atoms with Gasteiger partial charge in [0.1, 0.15) is 54.4 Å². The summed E-state index contributed by atoms with van der Waals surface area (Å²) in [5.74, 6) is -10.3. The second-order valence-electron chi connectivity index (χ2n) is 21.3. The van der Waals surface area contributed by atoms with Crippen LogP contribution in [0.15, 0.2) is 4.99 Å². The molecule has 0 aliphatic carbocycles. The maximum Gasteiger partial charge on any atom is 0.326 e. The van der Waals surface area contributed by atoms with Crippen molar-refractivity contribution >= 4 is 71.1 Å². The molecule has 0 aromatic rings. The van der Waals surface area contributed by atoms with E-state index >= 15 is 0 Å². The summed E-state index contributed by atoms with van der Waals surface area (Å²) >= 11 is 0. The molecule has 0 bridgehead atoms. The lowest BCUT2D eigenvalue weighted by Crippen LogP contribution is -2.62. The van der Waals surface area contributed by atoms with Crippen LogP contribution in [0.4, 0.5) is 0 Å². The maximum atomic E-state index is 14.5. The number of unbranched alkanes of at least 4 members (excludes halogenated alkanes) is 1. The van der Waals surface area contributed by atoms with Crippen LogP contribution in [0, 0.1) is 5.92 Å². The summed E-state index contributed by atoms with van der Waals surface area (Å²) in [5, 5.41) is 53.4. The first-order valence-corrected chi connectivity index (χ1v) is 27.3. The fourth-order valence-electron chi connectivity index (χ4n) is 10.6. The number of likely N-dealkylation sites (tertiary alicyclic amines) is 4. The molecule has 0 aromatic heterocycles. The summed E-state index contributed by atoms with van der Waals surface area (Å²) < 4.78 is 0. The van der Waals surface area contributed by atoms with Gasteiger partial charge in [-0.05, 0) is 116 Å². The molecule has 4 fully saturated rings. The van der Waals surface area contributed by atoms with Crippen molar-refractivity contribution in [2.24, 2.45) is 33.8 Å². The Morgan fingerprint density at radius 3 is 1.46 bits per heavy atom. The maximum absolute atomic E-state index is 14.5. The number of rotatable bonds is 29. The van der Waals surface area contributed by atoms with Gasteiger partial charge in [-0.15, -0.1) is 0 Å². The molecule has 0 aromatic carbocycles. The summed E-state index contributed by atoms with van der Waals surface area (Å²) in [7, 11) is 0. The first-order chi connectivity index (χ1) is 37.3. The summed E-state index contributed by atoms with van der Waals surface area (Å²) in [6, 6.07) is -13.3. The molecule has 9 amide bonds. The molecule has 4 rings (SSSR count). The summed E-state index contributed by atoms with van der Waals surface area (Å²) in [6.07, 6.45) is -0.651. The standard InChI is InChI=1S/C50H84N14O15/c1-26(2)24-29(52)45(74)63-22-10-16-35(63)48(77)62-21-9-15-34(62)42(71)59-38(27(3)65)43(72)57-31(13-7-19-55-50(53)54)46(75)61-20-8-14-33(61)41(70)60-39(28(4)66)44(73)58-32(25-37(67)68)40(69)56-30(12-5-6-18-51)47(76)64-23-11-17-36(64)49(78)79/h26-36,38-39,65-66H,5-25,51-52H2,1-4H3,(H,56,69)(H,57,72)(H,58,73)(H,59,71)(H,60,70)(H,67,68)(H,78,79)(H4,53,54,55)/t27-,28-,29+,30+,31+,32+,33+,34+,35+,36+,38+,39+/m1/s1. The number of hydrogen-bond donors (Lipinski definition) is 13. The van der Waals surface area contributed by atoms with Gasteiger partial charge < -0.3 is 89.5 Å². The van der Waals surface area contributed by atoms with Gasteiger partial charge in [-0.3, -0.25) is 52.9 Å². The first-order valence-electron chi connectivity index (χ1n) is 27.3. The highest BCUT2D eigenvalue weighted by atomic mass is 16.4. The third-order valence-corrected chi connectivity index (χ3v) is 14.6. The topological polar surface area (TPSA) is 458 Å². The molecule has 79 heavy (non-hydrogen) atoms. The number of guanidine groups is 1. The van der Waals surface area contributed by atoms with Crippen LogP contribution in [0.2, 0.25) is 0 Å². The molecule has 29 heteroatoms. The van der Waals surface area contributed by atoms with Gasteiger partial charge in [0.2, 0.25) is 53.2 Å². The van der Waals surface area contributed by atoms with E-state index in [0.717, 1.165) is 16.7 Å². The number of hydrogen-bond acceptors (Lipinski definition) is 16. The van der Waals surface area contributed by atoms with Crippen molar-refractivity contribution in [2.45, 2.75) is 197 Å². The number of nitrogens with two attached hydrogens (primary N) is 4. The van der Waals surface area contributed by atoms with E-state index in [1.165, 1.54) is 16.7 Å². The molecular weight excluding hydrogens is 1040 g/mol. The summed E-state index contributed by atoms with van der Waals surface area (Å²) in [6.45, 7) is 7.06. The minimum absolute atomic E-state index is 0.00263. The number of nitrogens with zero attached hydrogens (tertiary/aromatic N) is 5. The number of carbonyl (C=O) groups is 11. The number of nitrogens with one attached hydrogen (secondary N) is 5. The van der Waals surface area contributed by atoms with Crippen LogP contribution in [-0.2, 0) is 52.7 Å². The zero-order valence-electron chi connectivity index (χ0n) is 45.7. The lowest BCUT2D eigenvalue weighted by Gasteiger charge is -2.33. The quantitative estimate of drug-likeness (QED) is 0.0190. The first kappa shape index (κ1) is 64.8. The molecule has 29 nitrogen and oxygen atoms in total. The fraction of sp³-hybridized carbons (Fsp3) is 0.760. The smallest absolute Gasteiger partial charge is 0.326 e. The molecule has 4 heterocycles. The van der Waals surface area contributed by atoms with E-state index in [-0.39, 0.29) is 95.5 Å². The average Bonchev–Trinajstić information content (AvgIpc) is 4.25. The van der Waals surface area contributed by atoms with E-state index in [4.69, 9.17) is 22.9 Å². The Bertz CT molecular complexity index is 2230. The van der Waals surface area contributed by atoms with Gasteiger partial charge in [0.05, 0.1) is 24.7 Å². The molecule has 0 saturated carbocycles. The van der Waals surface area contributed by atoms with E-state index < -0.39 is 138 Å². The Kier molecular flexibility index (Phi) is 25.1. The Morgan fingerprint density at radius 2 is 0.987 bits per heavy atom. The van der Waals surface area contributed by atoms with Gasteiger partial charge in [-0.25, -0.2) is 4.79 Å². The van der Waals surface area contributed by atoms with Gasteiger partial charge in [0, 0.05) is 32.7 Å². The number of amides is 9. The summed E-state index contributed by atoms with van der Waals surface area (Å²) in [4.78, 5) is 158. The molecule has 0 radical (unpaired) electrons. The van der Waals surface area contributed by atoms with Gasteiger partial charge in [-0.1, -0.05) is 13.8 Å². The van der Waals surface area contributed by atoms with Crippen LogP contribution in [0.25, 0.3) is 0 Å². The zero-order valence-corrected chi connectivity index (χ0v) is 45.7. The SMILES string of the molecule is CC(C)C[C@H](N)C(=O)N1CCC[C@H]1C(=O)N1CCC[C@H]1C(=O)N[C@H](C(=O)N[C@@H](CCCN=C(N)N)C(=O)N1CCC[C@H]1C(=O)N[C@H](C(=O)N[C@@H](CC(=O)O)C(=O)N[C@@H](CCCCN)C(=O)N1CCC[C@H]1C(=O)O)[C@@H](C)O)[C@@H](C)O. The fourth-order valence-corrected chi connectivity index (χ4v) is 10.6. The molecule has 12 atom stereocenters. The third-order valence-electron chi connectivity index (χ3n) is 14.6. The van der Waals surface area contributed by atoms with Crippen LogP contribution < -0.4 is 49.5 Å². The van der Waals surface area contributed by atoms with Crippen molar-refractivity contribution in [1.82, 2.24) is 46.2 Å². The zero-order chi connectivity index (χ0) is 58.8. The minimum Gasteiger partial charge on any atom is -0.481 e. The van der Waals surface area contributed by atoms with Crippen LogP contribution in [0.1, 0.15) is 124 Å². The van der Waals surface area contributed by atoms with E-state index in [9.17, 15) is 73.2 Å². The second-order valence-corrected chi connectivity index (χ2v) is 21.3. The molecule has 0 unspecified atom stereocenters. The number of aliphatic carboxylic acids is 2. The monoisotopic (exact) mass is 1120 g/mol. The van der Waals surface area contributed by atoms with Crippen LogP contribution >= 0.6 is 0 Å². The molecule has 444 valence electrons. The van der Waals surface area contributed by atoms with E-state index in [1.807, 2.05) is 13.8 Å². The minimum atomic E-state index is -1.87. The second kappa shape index (κ2) is 30.6. The number of aliphatic hydroxyl groups is 2. The summed E-state index contributed by atoms with van der Waals surface area (Å²) in [5.41, 5.74) is 22.9. The van der Waals surface area contributed by atoms with Gasteiger partial charge in [0.25, 0.3) is 0 Å². The van der Waals surface area contributed by atoms with E-state index in [1.54, 1.807) is 0 Å². The Hall–Kier alpha value is -6.72. The molecular formula is C50H84N14O15. The number of carbonyl (C=O) groups excluding carboxylic acids is 9. The number of carboxylic acid groups (broad SMARTS) is 2. The molecule has 4 aliphatic rings. The largest absolute Gasteiger partial charge is 0.481 e. The predicted octanol–water partition coefficient (Wildman–Crippen LogP) is -4.75. The third kappa shape index (κ3) is 18.2. The van der Waals surface area contributed by atoms with Crippen LogP contribution in [0.3, 0.4) is 0 Å². The molecule has 4 saturated heterocycles. The van der Waals surface area contributed by atoms with Crippen LogP contribution in [0.5, 0.6) is 0 Å². The molecule has 4 aliphatic heterocycles. The van der Waals surface area contributed by atoms with Crippen molar-refractivity contribution < 1.29 is 73.2 Å².